The van der Waals surface area contributed by atoms with Gasteiger partial charge < -0.3 is 16.4 Å². The number of nitrogens with zero attached hydrogens (tertiary/aromatic N) is 1. The molecule has 1 aliphatic rings. The van der Waals surface area contributed by atoms with Crippen LogP contribution in [0.2, 0.25) is 0 Å². The van der Waals surface area contributed by atoms with Gasteiger partial charge in [0.2, 0.25) is 5.91 Å². The standard InChI is InChI=1S/C18H28N4O2/c1-2-7-16(21-18(19)24)17(23)20-15-10-6-11-22(13-15)12-14-8-4-3-5-9-14/h3-5,8-9,15-16H,2,6-7,10-13H2,1H3,(H,20,23)(H3,19,21,24)/t15?,16-/m1/s1. The van der Waals surface area contributed by atoms with Crippen molar-refractivity contribution in [3.8, 4) is 0 Å². The number of urea groups is 1. The maximum atomic E-state index is 12.4. The average Bonchev–Trinajstić information content (AvgIpc) is 2.55. The van der Waals surface area contributed by atoms with Crippen molar-refractivity contribution in [3.63, 3.8) is 0 Å². The zero-order chi connectivity index (χ0) is 17.4. The summed E-state index contributed by atoms with van der Waals surface area (Å²) in [5, 5.41) is 5.61. The van der Waals surface area contributed by atoms with E-state index in [-0.39, 0.29) is 11.9 Å². The molecular weight excluding hydrogens is 304 g/mol. The Kier molecular flexibility index (Phi) is 7.06. The number of hydrogen-bond acceptors (Lipinski definition) is 3. The fraction of sp³-hybridized carbons (Fsp3) is 0.556. The zero-order valence-electron chi connectivity index (χ0n) is 14.3. The zero-order valence-corrected chi connectivity index (χ0v) is 14.3. The molecule has 2 atom stereocenters. The predicted octanol–water partition coefficient (Wildman–Crippen LogP) is 1.60. The first-order chi connectivity index (χ1) is 11.6. The summed E-state index contributed by atoms with van der Waals surface area (Å²) < 4.78 is 0. The Balaban J connectivity index is 1.87. The van der Waals surface area contributed by atoms with Crippen molar-refractivity contribution in [1.29, 1.82) is 0 Å². The summed E-state index contributed by atoms with van der Waals surface area (Å²) in [6.07, 6.45) is 3.42. The maximum absolute atomic E-state index is 12.4. The summed E-state index contributed by atoms with van der Waals surface area (Å²) in [6, 6.07) is 9.26. The number of carbonyl (C=O) groups excluding carboxylic acids is 2. The third-order valence-electron chi connectivity index (χ3n) is 4.31. The van der Waals surface area contributed by atoms with E-state index >= 15 is 0 Å². The van der Waals surface area contributed by atoms with Gasteiger partial charge in [-0.25, -0.2) is 4.79 Å². The highest BCUT2D eigenvalue weighted by atomic mass is 16.2. The van der Waals surface area contributed by atoms with E-state index < -0.39 is 12.1 Å². The van der Waals surface area contributed by atoms with Gasteiger partial charge in [-0.05, 0) is 31.4 Å². The Morgan fingerprint density at radius 2 is 2.08 bits per heavy atom. The summed E-state index contributed by atoms with van der Waals surface area (Å²) in [6.45, 7) is 4.74. The quantitative estimate of drug-likeness (QED) is 0.709. The first kappa shape index (κ1) is 18.3. The highest BCUT2D eigenvalue weighted by Crippen LogP contribution is 2.14. The molecule has 0 spiro atoms. The Hall–Kier alpha value is -2.08. The minimum absolute atomic E-state index is 0.115. The average molecular weight is 332 g/mol. The number of hydrogen-bond donors (Lipinski definition) is 3. The molecule has 1 aromatic carbocycles. The lowest BCUT2D eigenvalue weighted by atomic mass is 10.0. The second kappa shape index (κ2) is 9.27. The van der Waals surface area contributed by atoms with Gasteiger partial charge in [-0.2, -0.15) is 0 Å². The van der Waals surface area contributed by atoms with Crippen molar-refractivity contribution < 1.29 is 9.59 Å². The van der Waals surface area contributed by atoms with Crippen LogP contribution in [-0.4, -0.2) is 42.0 Å². The van der Waals surface area contributed by atoms with Gasteiger partial charge in [0.15, 0.2) is 0 Å². The molecule has 1 aromatic rings. The van der Waals surface area contributed by atoms with E-state index in [1.54, 1.807) is 0 Å². The van der Waals surface area contributed by atoms with E-state index in [0.717, 1.165) is 38.9 Å². The minimum atomic E-state index is -0.655. The molecular formula is C18H28N4O2. The molecule has 0 aliphatic carbocycles. The van der Waals surface area contributed by atoms with E-state index in [0.29, 0.717) is 6.42 Å². The lowest BCUT2D eigenvalue weighted by Crippen LogP contribution is -2.54. The van der Waals surface area contributed by atoms with Crippen LogP contribution < -0.4 is 16.4 Å². The Morgan fingerprint density at radius 3 is 2.75 bits per heavy atom. The highest BCUT2D eigenvalue weighted by molar-refractivity contribution is 5.86. The van der Waals surface area contributed by atoms with Crippen molar-refractivity contribution in [2.24, 2.45) is 5.73 Å². The van der Waals surface area contributed by atoms with Crippen LogP contribution in [0, 0.1) is 0 Å². The molecule has 24 heavy (non-hydrogen) atoms. The predicted molar refractivity (Wildman–Crippen MR) is 94.3 cm³/mol. The molecule has 4 N–H and O–H groups in total. The lowest BCUT2D eigenvalue weighted by molar-refractivity contribution is -0.124. The van der Waals surface area contributed by atoms with Crippen molar-refractivity contribution in [3.05, 3.63) is 35.9 Å². The van der Waals surface area contributed by atoms with Crippen LogP contribution in [0.4, 0.5) is 4.79 Å². The molecule has 1 unspecified atom stereocenters. The summed E-state index contributed by atoms with van der Waals surface area (Å²) in [4.78, 5) is 25.8. The van der Waals surface area contributed by atoms with Crippen molar-refractivity contribution >= 4 is 11.9 Å². The van der Waals surface area contributed by atoms with Crippen LogP contribution in [-0.2, 0) is 11.3 Å². The van der Waals surface area contributed by atoms with Gasteiger partial charge in [-0.3, -0.25) is 9.69 Å². The normalized spacial score (nSPS) is 19.5. The van der Waals surface area contributed by atoms with E-state index in [1.165, 1.54) is 5.56 Å². The molecule has 1 aliphatic heterocycles. The van der Waals surface area contributed by atoms with Crippen LogP contribution in [0.15, 0.2) is 30.3 Å². The van der Waals surface area contributed by atoms with Crippen LogP contribution in [0.3, 0.4) is 0 Å². The number of carbonyl (C=O) groups is 2. The first-order valence-electron chi connectivity index (χ1n) is 8.71. The number of rotatable bonds is 7. The molecule has 132 valence electrons. The van der Waals surface area contributed by atoms with Gasteiger partial charge in [-0.15, -0.1) is 0 Å². The highest BCUT2D eigenvalue weighted by Gasteiger charge is 2.25. The summed E-state index contributed by atoms with van der Waals surface area (Å²) in [5.74, 6) is -0.137. The van der Waals surface area contributed by atoms with Crippen LogP contribution in [0.5, 0.6) is 0 Å². The van der Waals surface area contributed by atoms with Gasteiger partial charge in [0.05, 0.1) is 0 Å². The fourth-order valence-corrected chi connectivity index (χ4v) is 3.19. The van der Waals surface area contributed by atoms with E-state index in [9.17, 15) is 9.59 Å². The van der Waals surface area contributed by atoms with Crippen LogP contribution in [0.25, 0.3) is 0 Å². The third-order valence-corrected chi connectivity index (χ3v) is 4.31. The molecule has 1 heterocycles. The lowest BCUT2D eigenvalue weighted by Gasteiger charge is -2.34. The Labute approximate surface area is 143 Å². The van der Waals surface area contributed by atoms with E-state index in [4.69, 9.17) is 5.73 Å². The monoisotopic (exact) mass is 332 g/mol. The number of primary amides is 1. The van der Waals surface area contributed by atoms with Crippen molar-refractivity contribution in [2.75, 3.05) is 13.1 Å². The molecule has 0 radical (unpaired) electrons. The van der Waals surface area contributed by atoms with Gasteiger partial charge in [0.1, 0.15) is 6.04 Å². The molecule has 1 fully saturated rings. The summed E-state index contributed by atoms with van der Waals surface area (Å²) in [5.41, 5.74) is 6.45. The number of benzene rings is 1. The van der Waals surface area contributed by atoms with Gasteiger partial charge in [0, 0.05) is 19.1 Å². The number of amides is 3. The Bertz CT molecular complexity index is 535. The largest absolute Gasteiger partial charge is 0.352 e. The van der Waals surface area contributed by atoms with E-state index in [1.807, 2.05) is 25.1 Å². The summed E-state index contributed by atoms with van der Waals surface area (Å²) in [7, 11) is 0. The number of piperidine rings is 1. The molecule has 3 amide bonds. The fourth-order valence-electron chi connectivity index (χ4n) is 3.19. The molecule has 1 saturated heterocycles. The van der Waals surface area contributed by atoms with E-state index in [2.05, 4.69) is 27.7 Å². The molecule has 2 rings (SSSR count). The van der Waals surface area contributed by atoms with Crippen molar-refractivity contribution in [2.45, 2.75) is 51.2 Å². The van der Waals surface area contributed by atoms with Gasteiger partial charge in [0.25, 0.3) is 0 Å². The smallest absolute Gasteiger partial charge is 0.312 e. The molecule has 6 heteroatoms. The first-order valence-corrected chi connectivity index (χ1v) is 8.71. The second-order valence-electron chi connectivity index (χ2n) is 6.42. The topological polar surface area (TPSA) is 87.5 Å². The maximum Gasteiger partial charge on any atom is 0.312 e. The molecule has 0 aromatic heterocycles. The van der Waals surface area contributed by atoms with Crippen LogP contribution in [0.1, 0.15) is 38.2 Å². The molecule has 6 nitrogen and oxygen atoms in total. The molecule has 0 saturated carbocycles. The van der Waals surface area contributed by atoms with Crippen molar-refractivity contribution in [1.82, 2.24) is 15.5 Å². The van der Waals surface area contributed by atoms with Crippen LogP contribution >= 0.6 is 0 Å². The summed E-state index contributed by atoms with van der Waals surface area (Å²) >= 11 is 0. The number of nitrogens with one attached hydrogen (secondary N) is 2. The second-order valence-corrected chi connectivity index (χ2v) is 6.42. The third kappa shape index (κ3) is 5.85. The van der Waals surface area contributed by atoms with Gasteiger partial charge in [-0.1, -0.05) is 43.7 Å². The number of likely N-dealkylation sites (tertiary alicyclic amines) is 1. The molecule has 0 bridgehead atoms. The number of nitrogens with two attached hydrogens (primary N) is 1. The van der Waals surface area contributed by atoms with Gasteiger partial charge >= 0.3 is 6.03 Å². The Morgan fingerprint density at radius 1 is 1.33 bits per heavy atom. The SMILES string of the molecule is CCC[C@@H](NC(N)=O)C(=O)NC1CCCN(Cc2ccccc2)C1. The minimum Gasteiger partial charge on any atom is -0.352 e.